The van der Waals surface area contributed by atoms with Crippen molar-refractivity contribution >= 4 is 45.1 Å². The first-order valence-corrected chi connectivity index (χ1v) is 8.05. The molecule has 2 rings (SSSR count). The number of carbonyl (C=O) groups excluding carboxylic acids is 1. The topological polar surface area (TPSA) is 66.4 Å². The zero-order valence-corrected chi connectivity index (χ0v) is 14.0. The Hall–Kier alpha value is -1.07. The van der Waals surface area contributed by atoms with E-state index in [1.165, 1.54) is 0 Å². The van der Waals surface area contributed by atoms with Gasteiger partial charge in [0.15, 0.2) is 0 Å². The summed E-state index contributed by atoms with van der Waals surface area (Å²) in [6.07, 6.45) is 2.55. The number of hydrogen-bond donors (Lipinski definition) is 2. The zero-order chi connectivity index (χ0) is 15.6. The largest absolute Gasteiger partial charge is 0.481 e. The van der Waals surface area contributed by atoms with Crippen LogP contribution >= 0.6 is 27.5 Å². The van der Waals surface area contributed by atoms with Crippen LogP contribution < -0.4 is 5.32 Å². The predicted octanol–water partition coefficient (Wildman–Crippen LogP) is 4.24. The maximum atomic E-state index is 12.3. The lowest BCUT2D eigenvalue weighted by Gasteiger charge is -2.26. The molecule has 21 heavy (non-hydrogen) atoms. The van der Waals surface area contributed by atoms with Crippen LogP contribution in [0.4, 0.5) is 5.69 Å². The van der Waals surface area contributed by atoms with Crippen LogP contribution in [0.25, 0.3) is 0 Å². The number of hydrogen-bond acceptors (Lipinski definition) is 2. The first-order chi connectivity index (χ1) is 9.88. The van der Waals surface area contributed by atoms with Gasteiger partial charge in [-0.1, -0.05) is 18.0 Å². The maximum absolute atomic E-state index is 12.3. The number of halogens is 2. The van der Waals surface area contributed by atoms with E-state index in [0.29, 0.717) is 23.6 Å². The quantitative estimate of drug-likeness (QED) is 0.831. The van der Waals surface area contributed by atoms with Gasteiger partial charge in [-0.25, -0.2) is 0 Å². The summed E-state index contributed by atoms with van der Waals surface area (Å²) in [6.45, 7) is 1.89. The molecule has 1 saturated carbocycles. The molecule has 1 aliphatic rings. The highest BCUT2D eigenvalue weighted by atomic mass is 79.9. The van der Waals surface area contributed by atoms with Crippen LogP contribution in [0.2, 0.25) is 5.02 Å². The zero-order valence-electron chi connectivity index (χ0n) is 11.7. The highest BCUT2D eigenvalue weighted by molar-refractivity contribution is 9.10. The Bertz CT molecular complexity index is 576. The van der Waals surface area contributed by atoms with Crippen molar-refractivity contribution in [3.8, 4) is 0 Å². The number of carbonyl (C=O) groups is 2. The second-order valence-corrected chi connectivity index (χ2v) is 6.73. The van der Waals surface area contributed by atoms with E-state index in [1.54, 1.807) is 6.07 Å². The number of anilines is 1. The number of aliphatic carboxylic acids is 1. The fourth-order valence-electron chi connectivity index (χ4n) is 2.63. The molecule has 2 atom stereocenters. The van der Waals surface area contributed by atoms with E-state index in [-0.39, 0.29) is 11.8 Å². The monoisotopic (exact) mass is 373 g/mol. The van der Waals surface area contributed by atoms with Crippen LogP contribution in [0.3, 0.4) is 0 Å². The second-order valence-electron chi connectivity index (χ2n) is 5.47. The summed E-state index contributed by atoms with van der Waals surface area (Å²) in [6, 6.07) is 3.55. The fourth-order valence-corrected chi connectivity index (χ4v) is 3.35. The van der Waals surface area contributed by atoms with Crippen molar-refractivity contribution < 1.29 is 14.7 Å². The Morgan fingerprint density at radius 1 is 1.33 bits per heavy atom. The number of aryl methyl sites for hydroxylation is 1. The number of carboxylic acid groups (broad SMARTS) is 1. The summed E-state index contributed by atoms with van der Waals surface area (Å²) in [5, 5.41) is 12.5. The van der Waals surface area contributed by atoms with Crippen molar-refractivity contribution in [2.45, 2.75) is 32.6 Å². The smallest absolute Gasteiger partial charge is 0.306 e. The number of rotatable bonds is 3. The molecule has 4 nitrogen and oxygen atoms in total. The standard InChI is InChI=1S/C15H17BrClNO3/c1-8-5-11(16)13(7-12(8)17)18-14(19)9-3-2-4-10(6-9)15(20)21/h5,7,9-10H,2-4,6H2,1H3,(H,18,19)(H,20,21). The summed E-state index contributed by atoms with van der Waals surface area (Å²) in [5.41, 5.74) is 1.54. The number of amides is 1. The average Bonchev–Trinajstić information content (AvgIpc) is 2.44. The molecule has 2 N–H and O–H groups in total. The van der Waals surface area contributed by atoms with Crippen LogP contribution in [0.5, 0.6) is 0 Å². The number of carboxylic acids is 1. The van der Waals surface area contributed by atoms with Crippen LogP contribution in [0.15, 0.2) is 16.6 Å². The Kier molecular flexibility index (Phi) is 5.27. The predicted molar refractivity (Wildman–Crippen MR) is 85.6 cm³/mol. The first kappa shape index (κ1) is 16.3. The van der Waals surface area contributed by atoms with E-state index in [0.717, 1.165) is 22.9 Å². The van der Waals surface area contributed by atoms with Gasteiger partial charge in [0.2, 0.25) is 5.91 Å². The molecule has 0 heterocycles. The van der Waals surface area contributed by atoms with Crippen molar-refractivity contribution in [2.75, 3.05) is 5.32 Å². The molecule has 6 heteroatoms. The van der Waals surface area contributed by atoms with Crippen molar-refractivity contribution in [3.05, 3.63) is 27.2 Å². The molecule has 0 aromatic heterocycles. The molecular weight excluding hydrogens is 358 g/mol. The summed E-state index contributed by atoms with van der Waals surface area (Å²) >= 11 is 9.47. The van der Waals surface area contributed by atoms with E-state index in [9.17, 15) is 9.59 Å². The summed E-state index contributed by atoms with van der Waals surface area (Å²) in [5.74, 6) is -1.62. The van der Waals surface area contributed by atoms with Crippen LogP contribution in [0, 0.1) is 18.8 Å². The molecule has 0 spiro atoms. The molecule has 114 valence electrons. The Balaban J connectivity index is 2.07. The van der Waals surface area contributed by atoms with Crippen molar-refractivity contribution in [2.24, 2.45) is 11.8 Å². The normalized spacial score (nSPS) is 21.9. The molecule has 0 saturated heterocycles. The molecular formula is C15H17BrClNO3. The Morgan fingerprint density at radius 3 is 2.67 bits per heavy atom. The van der Waals surface area contributed by atoms with Gasteiger partial charge in [0.1, 0.15) is 0 Å². The average molecular weight is 375 g/mol. The van der Waals surface area contributed by atoms with Crippen LogP contribution in [-0.4, -0.2) is 17.0 Å². The lowest BCUT2D eigenvalue weighted by Crippen LogP contribution is -2.31. The van der Waals surface area contributed by atoms with Gasteiger partial charge in [0.25, 0.3) is 0 Å². The molecule has 0 aliphatic heterocycles. The highest BCUT2D eigenvalue weighted by Crippen LogP contribution is 2.33. The third kappa shape index (κ3) is 3.98. The lowest BCUT2D eigenvalue weighted by molar-refractivity contribution is -0.143. The third-order valence-electron chi connectivity index (χ3n) is 3.90. The van der Waals surface area contributed by atoms with Crippen molar-refractivity contribution in [1.29, 1.82) is 0 Å². The van der Waals surface area contributed by atoms with E-state index in [4.69, 9.17) is 16.7 Å². The number of benzene rings is 1. The number of nitrogens with one attached hydrogen (secondary N) is 1. The molecule has 1 amide bonds. The molecule has 0 radical (unpaired) electrons. The van der Waals surface area contributed by atoms with Crippen molar-refractivity contribution in [3.63, 3.8) is 0 Å². The van der Waals surface area contributed by atoms with Gasteiger partial charge >= 0.3 is 5.97 Å². The Morgan fingerprint density at radius 2 is 2.00 bits per heavy atom. The summed E-state index contributed by atoms with van der Waals surface area (Å²) in [7, 11) is 0. The molecule has 1 fully saturated rings. The van der Waals surface area contributed by atoms with Gasteiger partial charge < -0.3 is 10.4 Å². The van der Waals surface area contributed by atoms with E-state index >= 15 is 0 Å². The van der Waals surface area contributed by atoms with Crippen LogP contribution in [-0.2, 0) is 9.59 Å². The van der Waals surface area contributed by atoms with Gasteiger partial charge in [-0.3, -0.25) is 9.59 Å². The SMILES string of the molecule is Cc1cc(Br)c(NC(=O)C2CCCC(C(=O)O)C2)cc1Cl. The second kappa shape index (κ2) is 6.79. The van der Waals surface area contributed by atoms with E-state index < -0.39 is 11.9 Å². The maximum Gasteiger partial charge on any atom is 0.306 e. The van der Waals surface area contributed by atoms with Gasteiger partial charge in [0, 0.05) is 15.4 Å². The minimum Gasteiger partial charge on any atom is -0.481 e. The van der Waals surface area contributed by atoms with Gasteiger partial charge in [0.05, 0.1) is 11.6 Å². The third-order valence-corrected chi connectivity index (χ3v) is 4.96. The molecule has 1 aliphatic carbocycles. The van der Waals surface area contributed by atoms with E-state index in [1.807, 2.05) is 13.0 Å². The molecule has 1 aromatic carbocycles. The van der Waals surface area contributed by atoms with Gasteiger partial charge in [-0.15, -0.1) is 0 Å². The first-order valence-electron chi connectivity index (χ1n) is 6.87. The fraction of sp³-hybridized carbons (Fsp3) is 0.467. The minimum atomic E-state index is -0.813. The van der Waals surface area contributed by atoms with Crippen LogP contribution in [0.1, 0.15) is 31.2 Å². The molecule has 1 aromatic rings. The molecule has 2 unspecified atom stereocenters. The highest BCUT2D eigenvalue weighted by Gasteiger charge is 2.31. The minimum absolute atomic E-state index is 0.137. The summed E-state index contributed by atoms with van der Waals surface area (Å²) in [4.78, 5) is 23.4. The van der Waals surface area contributed by atoms with Gasteiger partial charge in [-0.2, -0.15) is 0 Å². The van der Waals surface area contributed by atoms with E-state index in [2.05, 4.69) is 21.2 Å². The van der Waals surface area contributed by atoms with Gasteiger partial charge in [-0.05, 0) is 59.8 Å². The summed E-state index contributed by atoms with van der Waals surface area (Å²) < 4.78 is 0.767. The van der Waals surface area contributed by atoms with Crippen molar-refractivity contribution in [1.82, 2.24) is 0 Å². The Labute approximate surface area is 137 Å². The molecule has 0 bridgehead atoms. The lowest BCUT2D eigenvalue weighted by atomic mass is 9.81.